The lowest BCUT2D eigenvalue weighted by atomic mass is 10.2. The number of carbonyl (C=O) groups excluding carboxylic acids is 1. The first-order valence-electron chi connectivity index (χ1n) is 9.39. The van der Waals surface area contributed by atoms with Crippen LogP contribution < -0.4 is 14.8 Å². The highest BCUT2D eigenvalue weighted by Gasteiger charge is 2.15. The molecule has 1 amide bonds. The van der Waals surface area contributed by atoms with Gasteiger partial charge in [0, 0.05) is 18.7 Å². The average molecular weight is 478 g/mol. The predicted molar refractivity (Wildman–Crippen MR) is 119 cm³/mol. The molecule has 0 aromatic heterocycles. The highest BCUT2D eigenvalue weighted by molar-refractivity contribution is 7.92. The number of halogens is 1. The zero-order valence-electron chi connectivity index (χ0n) is 16.7. The van der Waals surface area contributed by atoms with E-state index in [9.17, 15) is 26.0 Å². The summed E-state index contributed by atoms with van der Waals surface area (Å²) in [5.41, 5.74) is 0.591. The first-order chi connectivity index (χ1) is 15.2. The normalized spacial score (nSPS) is 11.7. The van der Waals surface area contributed by atoms with E-state index in [-0.39, 0.29) is 28.4 Å². The van der Waals surface area contributed by atoms with Crippen molar-refractivity contribution in [3.05, 3.63) is 84.7 Å². The fourth-order valence-electron chi connectivity index (χ4n) is 2.69. The Balaban J connectivity index is 1.56. The summed E-state index contributed by atoms with van der Waals surface area (Å²) in [6.45, 7) is -0.175. The molecule has 0 saturated heterocycles. The van der Waals surface area contributed by atoms with Crippen molar-refractivity contribution >= 4 is 37.3 Å². The van der Waals surface area contributed by atoms with Gasteiger partial charge in [-0.15, -0.1) is 0 Å². The number of sulfonamides is 2. The van der Waals surface area contributed by atoms with E-state index in [0.717, 1.165) is 24.3 Å². The fourth-order valence-corrected chi connectivity index (χ4v) is 4.80. The maximum absolute atomic E-state index is 12.9. The van der Waals surface area contributed by atoms with Crippen molar-refractivity contribution in [1.82, 2.24) is 4.72 Å². The molecule has 3 aromatic rings. The third-order valence-electron chi connectivity index (χ3n) is 4.22. The van der Waals surface area contributed by atoms with Gasteiger partial charge >= 0.3 is 0 Å². The van der Waals surface area contributed by atoms with E-state index in [0.29, 0.717) is 5.69 Å². The molecule has 3 rings (SSSR count). The Kier molecular flexibility index (Phi) is 7.23. The van der Waals surface area contributed by atoms with Crippen LogP contribution >= 0.6 is 0 Å². The zero-order chi connectivity index (χ0) is 23.2. The molecule has 11 heteroatoms. The molecule has 3 aromatic carbocycles. The molecule has 0 aliphatic carbocycles. The van der Waals surface area contributed by atoms with Crippen LogP contribution in [-0.4, -0.2) is 29.3 Å². The molecule has 0 aliphatic heterocycles. The van der Waals surface area contributed by atoms with E-state index in [1.807, 2.05) is 0 Å². The van der Waals surface area contributed by atoms with Crippen LogP contribution in [0.15, 0.2) is 88.7 Å². The van der Waals surface area contributed by atoms with Crippen molar-refractivity contribution in [3.8, 4) is 0 Å². The molecular formula is C21H20FN3O5S2. The van der Waals surface area contributed by atoms with Gasteiger partial charge < -0.3 is 5.32 Å². The molecule has 8 nitrogen and oxygen atoms in total. The van der Waals surface area contributed by atoms with Crippen molar-refractivity contribution in [2.45, 2.75) is 16.2 Å². The second-order valence-electron chi connectivity index (χ2n) is 6.65. The van der Waals surface area contributed by atoms with Crippen LogP contribution in [-0.2, 0) is 24.8 Å². The summed E-state index contributed by atoms with van der Waals surface area (Å²) in [6.07, 6.45) is -0.166. The Morgan fingerprint density at radius 3 is 2.06 bits per heavy atom. The number of benzene rings is 3. The third-order valence-corrected chi connectivity index (χ3v) is 7.09. The standard InChI is InChI=1S/C21H20FN3O5S2/c22-16-9-11-20(12-10-16)31(27,28)23-14-13-21(26)24-17-5-4-6-18(15-17)25-32(29,30)19-7-2-1-3-8-19/h1-12,15,23,25H,13-14H2,(H,24,26). The van der Waals surface area contributed by atoms with Crippen LogP contribution in [0, 0.1) is 5.82 Å². The Bertz CT molecular complexity index is 1300. The summed E-state index contributed by atoms with van der Waals surface area (Å²) in [7, 11) is -7.65. The number of anilines is 2. The van der Waals surface area contributed by atoms with Crippen LogP contribution in [0.1, 0.15) is 6.42 Å². The number of amides is 1. The van der Waals surface area contributed by atoms with Gasteiger partial charge in [0.15, 0.2) is 0 Å². The molecule has 168 valence electrons. The van der Waals surface area contributed by atoms with E-state index < -0.39 is 31.8 Å². The van der Waals surface area contributed by atoms with Gasteiger partial charge in [-0.3, -0.25) is 9.52 Å². The molecule has 0 bridgehead atoms. The van der Waals surface area contributed by atoms with Gasteiger partial charge in [0.2, 0.25) is 15.9 Å². The van der Waals surface area contributed by atoms with Crippen LogP contribution in [0.25, 0.3) is 0 Å². The van der Waals surface area contributed by atoms with E-state index in [2.05, 4.69) is 14.8 Å². The van der Waals surface area contributed by atoms with Crippen LogP contribution in [0.5, 0.6) is 0 Å². The first kappa shape index (κ1) is 23.4. The molecular weight excluding hydrogens is 457 g/mol. The minimum absolute atomic E-state index is 0.0999. The lowest BCUT2D eigenvalue weighted by Gasteiger charge is -2.11. The monoisotopic (exact) mass is 477 g/mol. The van der Waals surface area contributed by atoms with E-state index in [4.69, 9.17) is 0 Å². The third kappa shape index (κ3) is 6.36. The second kappa shape index (κ2) is 9.90. The van der Waals surface area contributed by atoms with Crippen LogP contribution in [0.3, 0.4) is 0 Å². The molecule has 0 atom stereocenters. The Morgan fingerprint density at radius 1 is 0.750 bits per heavy atom. The Hall–Kier alpha value is -3.28. The Morgan fingerprint density at radius 2 is 1.38 bits per heavy atom. The van der Waals surface area contributed by atoms with Gasteiger partial charge in [-0.05, 0) is 54.6 Å². The molecule has 0 unspecified atom stereocenters. The van der Waals surface area contributed by atoms with Crippen LogP contribution in [0.4, 0.5) is 15.8 Å². The summed E-state index contributed by atoms with van der Waals surface area (Å²) >= 11 is 0. The molecule has 0 aliphatic rings. The van der Waals surface area contributed by atoms with E-state index in [1.54, 1.807) is 30.3 Å². The predicted octanol–water partition coefficient (Wildman–Crippen LogP) is 2.93. The smallest absolute Gasteiger partial charge is 0.261 e. The minimum Gasteiger partial charge on any atom is -0.326 e. The molecule has 0 spiro atoms. The van der Waals surface area contributed by atoms with Gasteiger partial charge in [0.05, 0.1) is 15.5 Å². The van der Waals surface area contributed by atoms with Gasteiger partial charge in [0.25, 0.3) is 10.0 Å². The Labute approximate surface area is 185 Å². The highest BCUT2D eigenvalue weighted by Crippen LogP contribution is 2.19. The average Bonchev–Trinajstić information content (AvgIpc) is 2.74. The SMILES string of the molecule is O=C(CCNS(=O)(=O)c1ccc(F)cc1)Nc1cccc(NS(=O)(=O)c2ccccc2)c1. The topological polar surface area (TPSA) is 121 Å². The number of carbonyl (C=O) groups is 1. The molecule has 0 heterocycles. The fraction of sp³-hybridized carbons (Fsp3) is 0.0952. The quantitative estimate of drug-likeness (QED) is 0.438. The van der Waals surface area contributed by atoms with Gasteiger partial charge in [-0.2, -0.15) is 0 Å². The van der Waals surface area contributed by atoms with Crippen molar-refractivity contribution in [1.29, 1.82) is 0 Å². The summed E-state index contributed by atoms with van der Waals surface area (Å²) in [5, 5.41) is 2.58. The largest absolute Gasteiger partial charge is 0.326 e. The molecule has 0 radical (unpaired) electrons. The van der Waals surface area contributed by atoms with Gasteiger partial charge in [-0.25, -0.2) is 25.9 Å². The summed E-state index contributed by atoms with van der Waals surface area (Å²) < 4.78 is 66.8. The maximum Gasteiger partial charge on any atom is 0.261 e. The number of hydrogen-bond donors (Lipinski definition) is 3. The van der Waals surface area contributed by atoms with Crippen molar-refractivity contribution in [3.63, 3.8) is 0 Å². The van der Waals surface area contributed by atoms with Crippen molar-refractivity contribution < 1.29 is 26.0 Å². The molecule has 3 N–H and O–H groups in total. The summed E-state index contributed by atoms with van der Waals surface area (Å²) in [6, 6.07) is 18.3. The maximum atomic E-state index is 12.9. The summed E-state index contributed by atoms with van der Waals surface area (Å²) in [5.74, 6) is -1.04. The van der Waals surface area contributed by atoms with E-state index in [1.165, 1.54) is 24.3 Å². The summed E-state index contributed by atoms with van der Waals surface area (Å²) in [4.78, 5) is 12.1. The molecule has 32 heavy (non-hydrogen) atoms. The second-order valence-corrected chi connectivity index (χ2v) is 10.1. The lowest BCUT2D eigenvalue weighted by Crippen LogP contribution is -2.27. The number of rotatable bonds is 9. The zero-order valence-corrected chi connectivity index (χ0v) is 18.3. The van der Waals surface area contributed by atoms with Gasteiger partial charge in [0.1, 0.15) is 5.82 Å². The van der Waals surface area contributed by atoms with Crippen LogP contribution in [0.2, 0.25) is 0 Å². The molecule has 0 fully saturated rings. The van der Waals surface area contributed by atoms with Gasteiger partial charge in [-0.1, -0.05) is 24.3 Å². The lowest BCUT2D eigenvalue weighted by molar-refractivity contribution is -0.116. The van der Waals surface area contributed by atoms with Crippen molar-refractivity contribution in [2.24, 2.45) is 0 Å². The first-order valence-corrected chi connectivity index (χ1v) is 12.4. The highest BCUT2D eigenvalue weighted by atomic mass is 32.2. The van der Waals surface area contributed by atoms with E-state index >= 15 is 0 Å². The van der Waals surface area contributed by atoms with Crippen molar-refractivity contribution in [2.75, 3.05) is 16.6 Å². The number of hydrogen-bond acceptors (Lipinski definition) is 5. The molecule has 0 saturated carbocycles. The number of nitrogens with one attached hydrogen (secondary N) is 3. The minimum atomic E-state index is -3.87.